The molecule has 0 amide bonds. The molecule has 1 rings (SSSR count). The molecule has 0 spiro atoms. The van der Waals surface area contributed by atoms with Crippen molar-refractivity contribution in [3.8, 4) is 5.75 Å². The SMILES string of the molecule is Cc1cc(OCC(O)CN=[N+]=[N-])ccc1Cl. The van der Waals surface area contributed by atoms with E-state index in [1.165, 1.54) is 0 Å². The number of aryl methyl sites for hydroxylation is 1. The van der Waals surface area contributed by atoms with Crippen molar-refractivity contribution in [1.82, 2.24) is 0 Å². The fraction of sp³-hybridized carbons (Fsp3) is 0.400. The molecule has 0 fully saturated rings. The van der Waals surface area contributed by atoms with E-state index in [2.05, 4.69) is 10.0 Å². The molecule has 0 radical (unpaired) electrons. The highest BCUT2D eigenvalue weighted by Crippen LogP contribution is 2.21. The summed E-state index contributed by atoms with van der Waals surface area (Å²) in [5.41, 5.74) is 8.97. The Balaban J connectivity index is 2.48. The van der Waals surface area contributed by atoms with Crippen LogP contribution in [0, 0.1) is 6.92 Å². The molecule has 1 aromatic carbocycles. The zero-order chi connectivity index (χ0) is 12.0. The van der Waals surface area contributed by atoms with Crippen LogP contribution in [0.5, 0.6) is 5.75 Å². The van der Waals surface area contributed by atoms with Gasteiger partial charge in [0.2, 0.25) is 0 Å². The molecule has 5 nitrogen and oxygen atoms in total. The van der Waals surface area contributed by atoms with Gasteiger partial charge >= 0.3 is 0 Å². The van der Waals surface area contributed by atoms with Crippen LogP contribution in [0.2, 0.25) is 5.02 Å². The Bertz CT molecular complexity index is 405. The molecule has 0 heterocycles. The van der Waals surface area contributed by atoms with Gasteiger partial charge in [-0.05, 0) is 36.2 Å². The summed E-state index contributed by atoms with van der Waals surface area (Å²) >= 11 is 5.85. The van der Waals surface area contributed by atoms with Crippen LogP contribution in [-0.2, 0) is 0 Å². The quantitative estimate of drug-likeness (QED) is 0.489. The lowest BCUT2D eigenvalue weighted by molar-refractivity contribution is 0.114. The van der Waals surface area contributed by atoms with Crippen LogP contribution in [0.3, 0.4) is 0 Å². The second-order valence-corrected chi connectivity index (χ2v) is 3.70. The number of aliphatic hydroxyl groups excluding tert-OH is 1. The first kappa shape index (κ1) is 12.6. The summed E-state index contributed by atoms with van der Waals surface area (Å²) < 4.78 is 5.31. The molecule has 16 heavy (non-hydrogen) atoms. The average molecular weight is 242 g/mol. The van der Waals surface area contributed by atoms with E-state index < -0.39 is 6.10 Å². The Morgan fingerprint density at radius 2 is 2.38 bits per heavy atom. The molecule has 0 aliphatic carbocycles. The van der Waals surface area contributed by atoms with Crippen molar-refractivity contribution in [2.24, 2.45) is 5.11 Å². The highest BCUT2D eigenvalue weighted by atomic mass is 35.5. The molecule has 1 N–H and O–H groups in total. The number of ether oxygens (including phenoxy) is 1. The fourth-order valence-corrected chi connectivity index (χ4v) is 1.20. The molecule has 6 heteroatoms. The first-order valence-corrected chi connectivity index (χ1v) is 5.09. The Kier molecular flexibility index (Phi) is 4.92. The van der Waals surface area contributed by atoms with Crippen LogP contribution in [0.1, 0.15) is 5.56 Å². The van der Waals surface area contributed by atoms with E-state index in [0.717, 1.165) is 5.56 Å². The number of hydrogen-bond donors (Lipinski definition) is 1. The molecular formula is C10H12ClN3O2. The van der Waals surface area contributed by atoms with Gasteiger partial charge in [-0.15, -0.1) is 0 Å². The van der Waals surface area contributed by atoms with Crippen molar-refractivity contribution in [2.75, 3.05) is 13.2 Å². The number of aliphatic hydroxyl groups is 1. The van der Waals surface area contributed by atoms with E-state index >= 15 is 0 Å². The summed E-state index contributed by atoms with van der Waals surface area (Å²) in [5.74, 6) is 0.627. The fourth-order valence-electron chi connectivity index (χ4n) is 1.08. The number of rotatable bonds is 5. The third-order valence-electron chi connectivity index (χ3n) is 1.93. The van der Waals surface area contributed by atoms with E-state index in [9.17, 15) is 5.11 Å². The van der Waals surface area contributed by atoms with Crippen molar-refractivity contribution in [1.29, 1.82) is 0 Å². The van der Waals surface area contributed by atoms with Gasteiger partial charge in [-0.1, -0.05) is 16.7 Å². The third-order valence-corrected chi connectivity index (χ3v) is 2.35. The van der Waals surface area contributed by atoms with E-state index in [4.69, 9.17) is 21.9 Å². The summed E-state index contributed by atoms with van der Waals surface area (Å²) in [6.07, 6.45) is -0.799. The van der Waals surface area contributed by atoms with Crippen LogP contribution in [-0.4, -0.2) is 24.4 Å². The second-order valence-electron chi connectivity index (χ2n) is 3.29. The highest BCUT2D eigenvalue weighted by molar-refractivity contribution is 6.31. The van der Waals surface area contributed by atoms with E-state index in [0.29, 0.717) is 10.8 Å². The van der Waals surface area contributed by atoms with Gasteiger partial charge in [0.05, 0.1) is 12.6 Å². The van der Waals surface area contributed by atoms with Crippen LogP contribution < -0.4 is 4.74 Å². The van der Waals surface area contributed by atoms with Crippen molar-refractivity contribution in [3.63, 3.8) is 0 Å². The van der Waals surface area contributed by atoms with E-state index in [1.807, 2.05) is 6.92 Å². The smallest absolute Gasteiger partial charge is 0.119 e. The molecular weight excluding hydrogens is 230 g/mol. The Labute approximate surface area is 98.2 Å². The topological polar surface area (TPSA) is 78.2 Å². The third kappa shape index (κ3) is 3.98. The van der Waals surface area contributed by atoms with Gasteiger partial charge < -0.3 is 9.84 Å². The summed E-state index contributed by atoms with van der Waals surface area (Å²) in [6, 6.07) is 5.23. The highest BCUT2D eigenvalue weighted by Gasteiger charge is 2.04. The molecule has 0 saturated carbocycles. The second kappa shape index (κ2) is 6.23. The van der Waals surface area contributed by atoms with Crippen molar-refractivity contribution < 1.29 is 9.84 Å². The predicted molar refractivity (Wildman–Crippen MR) is 61.7 cm³/mol. The van der Waals surface area contributed by atoms with Crippen molar-refractivity contribution >= 4 is 11.6 Å². The monoisotopic (exact) mass is 241 g/mol. The first-order chi connectivity index (χ1) is 7.63. The molecule has 1 atom stereocenters. The van der Waals surface area contributed by atoms with E-state index in [-0.39, 0.29) is 13.2 Å². The maximum absolute atomic E-state index is 9.35. The first-order valence-electron chi connectivity index (χ1n) is 4.71. The Morgan fingerprint density at radius 1 is 1.62 bits per heavy atom. The summed E-state index contributed by atoms with van der Waals surface area (Å²) in [4.78, 5) is 2.55. The van der Waals surface area contributed by atoms with Gasteiger partial charge in [-0.2, -0.15) is 0 Å². The molecule has 0 aliphatic heterocycles. The van der Waals surface area contributed by atoms with Gasteiger partial charge in [0.25, 0.3) is 0 Å². The number of azide groups is 1. The van der Waals surface area contributed by atoms with Crippen molar-refractivity contribution in [3.05, 3.63) is 39.2 Å². The minimum absolute atomic E-state index is 0.00305. The minimum atomic E-state index is -0.799. The van der Waals surface area contributed by atoms with Crippen molar-refractivity contribution in [2.45, 2.75) is 13.0 Å². The maximum Gasteiger partial charge on any atom is 0.119 e. The summed E-state index contributed by atoms with van der Waals surface area (Å²) in [5, 5.41) is 13.3. The summed E-state index contributed by atoms with van der Waals surface area (Å²) in [7, 11) is 0. The lowest BCUT2D eigenvalue weighted by Crippen LogP contribution is -2.20. The van der Waals surface area contributed by atoms with Gasteiger partial charge in [0.1, 0.15) is 12.4 Å². The molecule has 1 aromatic rings. The van der Waals surface area contributed by atoms with E-state index in [1.54, 1.807) is 18.2 Å². The van der Waals surface area contributed by atoms with Gasteiger partial charge in [-0.3, -0.25) is 0 Å². The predicted octanol–water partition coefficient (Wildman–Crippen LogP) is 2.70. The van der Waals surface area contributed by atoms with Crippen LogP contribution in [0.15, 0.2) is 23.3 Å². The normalized spacial score (nSPS) is 11.7. The van der Waals surface area contributed by atoms with Gasteiger partial charge in [0, 0.05) is 9.93 Å². The zero-order valence-electron chi connectivity index (χ0n) is 8.80. The number of nitrogens with zero attached hydrogens (tertiary/aromatic N) is 3. The molecule has 0 aliphatic rings. The lowest BCUT2D eigenvalue weighted by Gasteiger charge is -2.10. The maximum atomic E-state index is 9.35. The van der Waals surface area contributed by atoms with Crippen LogP contribution in [0.4, 0.5) is 0 Å². The number of halogens is 1. The molecule has 0 bridgehead atoms. The number of hydrogen-bond acceptors (Lipinski definition) is 3. The number of benzene rings is 1. The minimum Gasteiger partial charge on any atom is -0.491 e. The lowest BCUT2D eigenvalue weighted by atomic mass is 10.2. The molecule has 0 saturated heterocycles. The largest absolute Gasteiger partial charge is 0.491 e. The van der Waals surface area contributed by atoms with Crippen LogP contribution >= 0.6 is 11.6 Å². The Hall–Kier alpha value is -1.42. The standard InChI is InChI=1S/C10H12ClN3O2/c1-7-4-9(2-3-10(7)11)16-6-8(15)5-13-14-12/h2-4,8,15H,5-6H2,1H3. The van der Waals surface area contributed by atoms with Gasteiger partial charge in [-0.25, -0.2) is 0 Å². The molecule has 0 aromatic heterocycles. The molecule has 86 valence electrons. The zero-order valence-corrected chi connectivity index (χ0v) is 9.55. The summed E-state index contributed by atoms with van der Waals surface area (Å²) in [6.45, 7) is 1.95. The van der Waals surface area contributed by atoms with Crippen LogP contribution in [0.25, 0.3) is 10.4 Å². The molecule has 1 unspecified atom stereocenters. The average Bonchev–Trinajstić information content (AvgIpc) is 2.28. The Morgan fingerprint density at radius 3 is 3.00 bits per heavy atom. The van der Waals surface area contributed by atoms with Gasteiger partial charge in [0.15, 0.2) is 0 Å².